The van der Waals surface area contributed by atoms with Gasteiger partial charge in [-0.2, -0.15) is 0 Å². The van der Waals surface area contributed by atoms with E-state index >= 15 is 0 Å². The number of hydrogen-bond donors (Lipinski definition) is 1. The van der Waals surface area contributed by atoms with Crippen LogP contribution in [-0.2, 0) is 12.8 Å². The second kappa shape index (κ2) is 4.46. The van der Waals surface area contributed by atoms with Crippen molar-refractivity contribution in [2.45, 2.75) is 19.3 Å². The molecule has 0 amide bonds. The molecular weight excluding hydrogens is 232 g/mol. The standard InChI is InChI=1S/C14H14O4/c15-6-7-17-9-4-5-11-10-2-1-3-12(10)14(16)18-13(11)8-9/h4-5,8,15H,1-3,6-7H2. The highest BCUT2D eigenvalue weighted by atomic mass is 16.5. The molecular formula is C14H14O4. The molecule has 0 atom stereocenters. The molecule has 4 heteroatoms. The number of aliphatic hydroxyl groups is 1. The quantitative estimate of drug-likeness (QED) is 0.837. The molecule has 1 aliphatic carbocycles. The summed E-state index contributed by atoms with van der Waals surface area (Å²) in [6.07, 6.45) is 2.77. The summed E-state index contributed by atoms with van der Waals surface area (Å²) in [7, 11) is 0. The van der Waals surface area contributed by atoms with Gasteiger partial charge in [-0.15, -0.1) is 0 Å². The van der Waals surface area contributed by atoms with Gasteiger partial charge < -0.3 is 14.3 Å². The van der Waals surface area contributed by atoms with Crippen molar-refractivity contribution in [1.82, 2.24) is 0 Å². The van der Waals surface area contributed by atoms with E-state index in [9.17, 15) is 4.79 Å². The zero-order valence-electron chi connectivity index (χ0n) is 9.94. The molecule has 1 aromatic carbocycles. The van der Waals surface area contributed by atoms with E-state index in [1.807, 2.05) is 12.1 Å². The van der Waals surface area contributed by atoms with Crippen LogP contribution in [-0.4, -0.2) is 18.3 Å². The van der Waals surface area contributed by atoms with Gasteiger partial charge in [0.05, 0.1) is 6.61 Å². The van der Waals surface area contributed by atoms with E-state index in [0.29, 0.717) is 11.3 Å². The first-order valence-electron chi connectivity index (χ1n) is 6.12. The Kier molecular flexibility index (Phi) is 2.80. The Morgan fingerprint density at radius 3 is 2.94 bits per heavy atom. The van der Waals surface area contributed by atoms with Crippen molar-refractivity contribution in [2.24, 2.45) is 0 Å². The van der Waals surface area contributed by atoms with Gasteiger partial charge in [-0.25, -0.2) is 4.79 Å². The van der Waals surface area contributed by atoms with Crippen molar-refractivity contribution in [3.63, 3.8) is 0 Å². The van der Waals surface area contributed by atoms with Gasteiger partial charge in [0, 0.05) is 17.0 Å². The molecule has 4 nitrogen and oxygen atoms in total. The summed E-state index contributed by atoms with van der Waals surface area (Å²) in [5.41, 5.74) is 2.28. The van der Waals surface area contributed by atoms with E-state index in [-0.39, 0.29) is 18.8 Å². The van der Waals surface area contributed by atoms with Gasteiger partial charge in [0.15, 0.2) is 0 Å². The molecule has 3 rings (SSSR count). The van der Waals surface area contributed by atoms with Gasteiger partial charge in [0.25, 0.3) is 0 Å². The molecule has 0 radical (unpaired) electrons. The largest absolute Gasteiger partial charge is 0.491 e. The predicted octanol–water partition coefficient (Wildman–Crippen LogP) is 1.65. The Balaban J connectivity index is 2.13. The van der Waals surface area contributed by atoms with Gasteiger partial charge in [-0.05, 0) is 37.0 Å². The van der Waals surface area contributed by atoms with Crippen molar-refractivity contribution in [3.8, 4) is 5.75 Å². The molecule has 1 aliphatic rings. The number of benzene rings is 1. The van der Waals surface area contributed by atoms with Gasteiger partial charge in [-0.1, -0.05) is 0 Å². The highest BCUT2D eigenvalue weighted by Gasteiger charge is 2.19. The molecule has 0 saturated carbocycles. The minimum atomic E-state index is -0.227. The fraction of sp³-hybridized carbons (Fsp3) is 0.357. The van der Waals surface area contributed by atoms with Crippen molar-refractivity contribution in [1.29, 1.82) is 0 Å². The van der Waals surface area contributed by atoms with Crippen LogP contribution in [0, 0.1) is 0 Å². The van der Waals surface area contributed by atoms with E-state index in [0.717, 1.165) is 35.8 Å². The molecule has 18 heavy (non-hydrogen) atoms. The lowest BCUT2D eigenvalue weighted by molar-refractivity contribution is 0.201. The van der Waals surface area contributed by atoms with Crippen molar-refractivity contribution < 1.29 is 14.3 Å². The maximum atomic E-state index is 11.8. The van der Waals surface area contributed by atoms with Crippen LogP contribution >= 0.6 is 0 Å². The van der Waals surface area contributed by atoms with Gasteiger partial charge in [0.1, 0.15) is 17.9 Å². The van der Waals surface area contributed by atoms with Gasteiger partial charge >= 0.3 is 5.63 Å². The highest BCUT2D eigenvalue weighted by molar-refractivity contribution is 5.83. The predicted molar refractivity (Wildman–Crippen MR) is 67.1 cm³/mol. The number of aryl methyl sites for hydroxylation is 1. The number of ether oxygens (including phenoxy) is 1. The minimum absolute atomic E-state index is 0.0355. The van der Waals surface area contributed by atoms with E-state index in [1.165, 1.54) is 0 Å². The molecule has 0 fully saturated rings. The number of aliphatic hydroxyl groups excluding tert-OH is 1. The van der Waals surface area contributed by atoms with E-state index in [2.05, 4.69) is 0 Å². The monoisotopic (exact) mass is 246 g/mol. The Hall–Kier alpha value is -1.81. The average Bonchev–Trinajstić information content (AvgIpc) is 2.86. The van der Waals surface area contributed by atoms with Crippen LogP contribution in [0.15, 0.2) is 27.4 Å². The molecule has 1 heterocycles. The molecule has 0 unspecified atom stereocenters. The van der Waals surface area contributed by atoms with Crippen molar-refractivity contribution >= 4 is 11.0 Å². The Morgan fingerprint density at radius 1 is 1.28 bits per heavy atom. The first kappa shape index (κ1) is 11.3. The number of rotatable bonds is 3. The molecule has 2 aromatic rings. The lowest BCUT2D eigenvalue weighted by atomic mass is 10.1. The summed E-state index contributed by atoms with van der Waals surface area (Å²) in [4.78, 5) is 11.8. The number of hydrogen-bond acceptors (Lipinski definition) is 4. The Labute approximate surface area is 104 Å². The van der Waals surface area contributed by atoms with Crippen LogP contribution in [0.2, 0.25) is 0 Å². The second-order valence-electron chi connectivity index (χ2n) is 4.43. The van der Waals surface area contributed by atoms with E-state index in [1.54, 1.807) is 6.07 Å². The topological polar surface area (TPSA) is 59.7 Å². The summed E-state index contributed by atoms with van der Waals surface area (Å²) in [5.74, 6) is 0.609. The first-order valence-corrected chi connectivity index (χ1v) is 6.12. The van der Waals surface area contributed by atoms with Crippen molar-refractivity contribution in [3.05, 3.63) is 39.7 Å². The first-order chi connectivity index (χ1) is 8.79. The summed E-state index contributed by atoms with van der Waals surface area (Å²) in [5, 5.41) is 9.71. The zero-order chi connectivity index (χ0) is 12.5. The fourth-order valence-electron chi connectivity index (χ4n) is 2.52. The van der Waals surface area contributed by atoms with Crippen LogP contribution in [0.4, 0.5) is 0 Å². The molecule has 1 N–H and O–H groups in total. The minimum Gasteiger partial charge on any atom is -0.491 e. The maximum Gasteiger partial charge on any atom is 0.339 e. The van der Waals surface area contributed by atoms with E-state index in [4.69, 9.17) is 14.3 Å². The second-order valence-corrected chi connectivity index (χ2v) is 4.43. The Bertz CT molecular complexity index is 642. The zero-order valence-corrected chi connectivity index (χ0v) is 9.94. The van der Waals surface area contributed by atoms with Crippen LogP contribution in [0.25, 0.3) is 11.0 Å². The summed E-state index contributed by atoms with van der Waals surface area (Å²) in [6, 6.07) is 5.48. The molecule has 0 spiro atoms. The third kappa shape index (κ3) is 1.78. The third-order valence-electron chi connectivity index (χ3n) is 3.31. The average molecular weight is 246 g/mol. The fourth-order valence-corrected chi connectivity index (χ4v) is 2.52. The normalized spacial score (nSPS) is 13.8. The lowest BCUT2D eigenvalue weighted by Gasteiger charge is -2.07. The summed E-state index contributed by atoms with van der Waals surface area (Å²) < 4.78 is 10.6. The van der Waals surface area contributed by atoms with Crippen LogP contribution in [0.5, 0.6) is 5.75 Å². The molecule has 0 bridgehead atoms. The molecule has 94 valence electrons. The molecule has 1 aromatic heterocycles. The Morgan fingerprint density at radius 2 is 2.11 bits per heavy atom. The van der Waals surface area contributed by atoms with Crippen molar-refractivity contribution in [2.75, 3.05) is 13.2 Å². The summed E-state index contributed by atoms with van der Waals surface area (Å²) >= 11 is 0. The van der Waals surface area contributed by atoms with Crippen LogP contribution in [0.1, 0.15) is 17.5 Å². The lowest BCUT2D eigenvalue weighted by Crippen LogP contribution is -2.07. The van der Waals surface area contributed by atoms with Crippen LogP contribution in [0.3, 0.4) is 0 Å². The van der Waals surface area contributed by atoms with Gasteiger partial charge in [0.2, 0.25) is 0 Å². The van der Waals surface area contributed by atoms with Gasteiger partial charge in [-0.3, -0.25) is 0 Å². The highest BCUT2D eigenvalue weighted by Crippen LogP contribution is 2.29. The smallest absolute Gasteiger partial charge is 0.339 e. The number of fused-ring (bicyclic) bond motifs is 3. The van der Waals surface area contributed by atoms with Crippen LogP contribution < -0.4 is 10.4 Å². The summed E-state index contributed by atoms with van der Waals surface area (Å²) in [6.45, 7) is 0.201. The SMILES string of the molecule is O=c1oc2cc(OCCO)ccc2c2c1CCC2. The molecule has 0 saturated heterocycles. The molecule has 0 aliphatic heterocycles. The maximum absolute atomic E-state index is 11.8. The third-order valence-corrected chi connectivity index (χ3v) is 3.31. The van der Waals surface area contributed by atoms with E-state index < -0.39 is 0 Å².